The predicted molar refractivity (Wildman–Crippen MR) is 90.6 cm³/mol. The van der Waals surface area contributed by atoms with E-state index in [2.05, 4.69) is 42.2 Å². The lowest BCUT2D eigenvalue weighted by molar-refractivity contribution is 0.109. The quantitative estimate of drug-likeness (QED) is 0.647. The lowest BCUT2D eigenvalue weighted by Crippen LogP contribution is -2.44. The fraction of sp³-hybridized carbons (Fsp3) is 0.700. The lowest BCUT2D eigenvalue weighted by atomic mass is 9.78. The zero-order chi connectivity index (χ0) is 14.5. The molecule has 0 amide bonds. The van der Waals surface area contributed by atoms with Crippen LogP contribution in [0.3, 0.4) is 0 Å². The number of fused-ring (bicyclic) bond motifs is 1. The van der Waals surface area contributed by atoms with E-state index in [1.807, 2.05) is 0 Å². The Morgan fingerprint density at radius 3 is 2.76 bits per heavy atom. The summed E-state index contributed by atoms with van der Waals surface area (Å²) in [7, 11) is 0. The fourth-order valence-electron chi connectivity index (χ4n) is 4.60. The van der Waals surface area contributed by atoms with Gasteiger partial charge in [0.1, 0.15) is 0 Å². The summed E-state index contributed by atoms with van der Waals surface area (Å²) >= 11 is 0. The molecule has 0 aromatic heterocycles. The van der Waals surface area contributed by atoms with E-state index >= 15 is 0 Å². The minimum atomic E-state index is 0.775. The molecule has 3 rings (SSSR count). The molecule has 0 bridgehead atoms. The number of hydrogen-bond donors (Lipinski definition) is 0. The number of piperidine rings is 1. The summed E-state index contributed by atoms with van der Waals surface area (Å²) in [5.41, 5.74) is 1.57. The van der Waals surface area contributed by atoms with E-state index in [1.165, 1.54) is 64.5 Å². The Bertz CT molecular complexity index is 413. The van der Waals surface area contributed by atoms with Crippen LogP contribution in [0.25, 0.3) is 0 Å². The molecule has 21 heavy (non-hydrogen) atoms. The van der Waals surface area contributed by atoms with Crippen molar-refractivity contribution in [1.29, 1.82) is 0 Å². The van der Waals surface area contributed by atoms with Crippen molar-refractivity contribution in [3.8, 4) is 0 Å². The molecule has 1 heteroatoms. The van der Waals surface area contributed by atoms with E-state index in [4.69, 9.17) is 0 Å². The van der Waals surface area contributed by atoms with Crippen molar-refractivity contribution in [3.63, 3.8) is 0 Å². The monoisotopic (exact) mass is 285 g/mol. The van der Waals surface area contributed by atoms with Gasteiger partial charge in [0, 0.05) is 12.6 Å². The van der Waals surface area contributed by atoms with E-state index < -0.39 is 0 Å². The highest BCUT2D eigenvalue weighted by Gasteiger charge is 2.38. The zero-order valence-electron chi connectivity index (χ0n) is 13.6. The average Bonchev–Trinajstić information content (AvgIpc) is 3.01. The molecule has 0 aliphatic carbocycles. The van der Waals surface area contributed by atoms with Crippen molar-refractivity contribution in [2.45, 2.75) is 70.3 Å². The number of nitrogens with zero attached hydrogens (tertiary/aromatic N) is 1. The maximum Gasteiger partial charge on any atom is 0.0124 e. The third-order valence-corrected chi connectivity index (χ3v) is 5.70. The first kappa shape index (κ1) is 15.1. The molecule has 3 atom stereocenters. The largest absolute Gasteiger partial charge is 0.300 e. The van der Waals surface area contributed by atoms with E-state index in [0.29, 0.717) is 0 Å². The van der Waals surface area contributed by atoms with Crippen LogP contribution in [0.5, 0.6) is 0 Å². The van der Waals surface area contributed by atoms with Crippen molar-refractivity contribution in [2.24, 2.45) is 5.92 Å². The van der Waals surface area contributed by atoms with Gasteiger partial charge in [0.05, 0.1) is 0 Å². The standard InChI is InChI=1S/C20H31N/c1-2-3-4-6-12-18-15-19(17-10-7-5-8-11-17)16-21-14-9-13-20(18)21/h5,7-8,10-11,18-20H,2-4,6,9,12-16H2,1H3. The highest BCUT2D eigenvalue weighted by Crippen LogP contribution is 2.40. The molecule has 0 N–H and O–H groups in total. The fourth-order valence-corrected chi connectivity index (χ4v) is 4.60. The van der Waals surface area contributed by atoms with Gasteiger partial charge in [-0.1, -0.05) is 62.9 Å². The lowest BCUT2D eigenvalue weighted by Gasteiger charge is -2.41. The van der Waals surface area contributed by atoms with E-state index in [0.717, 1.165) is 17.9 Å². The highest BCUT2D eigenvalue weighted by molar-refractivity contribution is 5.21. The number of hydrogen-bond acceptors (Lipinski definition) is 1. The summed E-state index contributed by atoms with van der Waals surface area (Å²) in [6, 6.07) is 12.2. The van der Waals surface area contributed by atoms with Gasteiger partial charge in [0.25, 0.3) is 0 Å². The second-order valence-electron chi connectivity index (χ2n) is 7.16. The first-order valence-electron chi connectivity index (χ1n) is 9.17. The second kappa shape index (κ2) is 7.45. The van der Waals surface area contributed by atoms with Gasteiger partial charge in [0.2, 0.25) is 0 Å². The molecule has 0 radical (unpaired) electrons. The van der Waals surface area contributed by atoms with Crippen LogP contribution in [0, 0.1) is 5.92 Å². The maximum atomic E-state index is 2.81. The first-order chi connectivity index (χ1) is 10.4. The molecule has 2 heterocycles. The summed E-state index contributed by atoms with van der Waals surface area (Å²) < 4.78 is 0. The normalized spacial score (nSPS) is 29.5. The van der Waals surface area contributed by atoms with Crippen LogP contribution in [-0.2, 0) is 0 Å². The van der Waals surface area contributed by atoms with E-state index in [-0.39, 0.29) is 0 Å². The summed E-state index contributed by atoms with van der Waals surface area (Å²) in [5, 5.41) is 0. The zero-order valence-corrected chi connectivity index (χ0v) is 13.6. The third kappa shape index (κ3) is 3.69. The predicted octanol–water partition coefficient (Wildman–Crippen LogP) is 5.22. The minimum absolute atomic E-state index is 0.775. The Kier molecular flexibility index (Phi) is 5.35. The Morgan fingerprint density at radius 1 is 1.10 bits per heavy atom. The molecule has 1 aromatic rings. The summed E-state index contributed by atoms with van der Waals surface area (Å²) in [4.78, 5) is 2.81. The molecule has 2 fully saturated rings. The molecule has 2 saturated heterocycles. The van der Waals surface area contributed by atoms with Gasteiger partial charge in [0.15, 0.2) is 0 Å². The van der Waals surface area contributed by atoms with Crippen molar-refractivity contribution in [3.05, 3.63) is 35.9 Å². The van der Waals surface area contributed by atoms with Crippen LogP contribution in [0.2, 0.25) is 0 Å². The number of benzene rings is 1. The van der Waals surface area contributed by atoms with E-state index in [9.17, 15) is 0 Å². The summed E-state index contributed by atoms with van der Waals surface area (Å²) in [6.07, 6.45) is 11.4. The Hall–Kier alpha value is -0.820. The van der Waals surface area contributed by atoms with Crippen LogP contribution < -0.4 is 0 Å². The molecule has 2 aliphatic heterocycles. The summed E-state index contributed by atoms with van der Waals surface area (Å²) in [5.74, 6) is 1.72. The Balaban J connectivity index is 1.63. The van der Waals surface area contributed by atoms with Gasteiger partial charge in [-0.2, -0.15) is 0 Å². The topological polar surface area (TPSA) is 3.24 Å². The van der Waals surface area contributed by atoms with Crippen molar-refractivity contribution in [1.82, 2.24) is 4.90 Å². The van der Waals surface area contributed by atoms with Crippen molar-refractivity contribution < 1.29 is 0 Å². The number of rotatable bonds is 6. The maximum absolute atomic E-state index is 2.81. The smallest absolute Gasteiger partial charge is 0.0124 e. The molecule has 116 valence electrons. The molecule has 0 spiro atoms. The number of unbranched alkanes of at least 4 members (excludes halogenated alkanes) is 3. The Labute approximate surface area is 130 Å². The van der Waals surface area contributed by atoms with Gasteiger partial charge in [-0.3, -0.25) is 4.90 Å². The molecule has 2 aliphatic rings. The molecule has 3 unspecified atom stereocenters. The molecule has 1 nitrogen and oxygen atoms in total. The van der Waals surface area contributed by atoms with Gasteiger partial charge in [-0.25, -0.2) is 0 Å². The Morgan fingerprint density at radius 2 is 1.95 bits per heavy atom. The van der Waals surface area contributed by atoms with E-state index in [1.54, 1.807) is 5.56 Å². The highest BCUT2D eigenvalue weighted by atomic mass is 15.2. The van der Waals surface area contributed by atoms with Crippen LogP contribution in [0.1, 0.15) is 69.8 Å². The molecule has 0 saturated carbocycles. The SMILES string of the molecule is CCCCCCC1CC(c2ccccc2)CN2CCCC12. The summed E-state index contributed by atoms with van der Waals surface area (Å²) in [6.45, 7) is 4.96. The van der Waals surface area contributed by atoms with Crippen LogP contribution >= 0.6 is 0 Å². The van der Waals surface area contributed by atoms with Gasteiger partial charge in [-0.05, 0) is 49.6 Å². The van der Waals surface area contributed by atoms with Gasteiger partial charge >= 0.3 is 0 Å². The average molecular weight is 285 g/mol. The van der Waals surface area contributed by atoms with Gasteiger partial charge in [-0.15, -0.1) is 0 Å². The second-order valence-corrected chi connectivity index (χ2v) is 7.16. The minimum Gasteiger partial charge on any atom is -0.300 e. The first-order valence-corrected chi connectivity index (χ1v) is 9.17. The molecule has 1 aromatic carbocycles. The van der Waals surface area contributed by atoms with Crippen LogP contribution in [0.15, 0.2) is 30.3 Å². The van der Waals surface area contributed by atoms with Crippen LogP contribution in [0.4, 0.5) is 0 Å². The van der Waals surface area contributed by atoms with Crippen molar-refractivity contribution in [2.75, 3.05) is 13.1 Å². The third-order valence-electron chi connectivity index (χ3n) is 5.70. The molecular formula is C20H31N. The van der Waals surface area contributed by atoms with Crippen molar-refractivity contribution >= 4 is 0 Å². The van der Waals surface area contributed by atoms with Gasteiger partial charge < -0.3 is 0 Å². The van der Waals surface area contributed by atoms with Crippen LogP contribution in [-0.4, -0.2) is 24.0 Å². The molecular weight excluding hydrogens is 254 g/mol.